The number of likely N-dealkylation sites (tertiary alicyclic amines) is 1. The Kier molecular flexibility index (Phi) is 8.73. The predicted octanol–water partition coefficient (Wildman–Crippen LogP) is 5.95. The van der Waals surface area contributed by atoms with E-state index in [4.69, 9.17) is 4.74 Å². The fourth-order valence-corrected chi connectivity index (χ4v) is 5.56. The fraction of sp³-hybridized carbons (Fsp3) is 0.429. The highest BCUT2D eigenvalue weighted by Gasteiger charge is 2.30. The molecule has 184 valence electrons. The van der Waals surface area contributed by atoms with Crippen LogP contribution in [0.15, 0.2) is 47.3 Å². The molecule has 3 heterocycles. The Labute approximate surface area is 209 Å². The van der Waals surface area contributed by atoms with Crippen LogP contribution in [-0.2, 0) is 4.79 Å². The molecular weight excluding hydrogens is 463 g/mol. The van der Waals surface area contributed by atoms with Crippen molar-refractivity contribution in [3.8, 4) is 17.6 Å². The molecule has 1 aliphatic heterocycles. The Morgan fingerprint density at radius 2 is 2.20 bits per heavy atom. The third-order valence-electron chi connectivity index (χ3n) is 6.87. The molecule has 1 fully saturated rings. The first-order valence-electron chi connectivity index (χ1n) is 12.1. The number of piperidine rings is 1. The predicted molar refractivity (Wildman–Crippen MR) is 137 cm³/mol. The highest BCUT2D eigenvalue weighted by molar-refractivity contribution is 7.08. The minimum absolute atomic E-state index is 0.142. The van der Waals surface area contributed by atoms with E-state index >= 15 is 4.39 Å². The summed E-state index contributed by atoms with van der Waals surface area (Å²) in [5.74, 6) is 6.87. The number of carboxylic acid groups (broad SMARTS) is 1. The number of carboxylic acids is 1. The van der Waals surface area contributed by atoms with Gasteiger partial charge in [-0.2, -0.15) is 11.3 Å². The number of aromatic nitrogens is 1. The van der Waals surface area contributed by atoms with Crippen molar-refractivity contribution in [2.24, 2.45) is 11.8 Å². The number of methoxy groups -OCH3 is 1. The van der Waals surface area contributed by atoms with Gasteiger partial charge in [-0.1, -0.05) is 11.8 Å². The molecule has 1 aliphatic rings. The van der Waals surface area contributed by atoms with E-state index in [9.17, 15) is 9.90 Å². The second-order valence-corrected chi connectivity index (χ2v) is 9.90. The van der Waals surface area contributed by atoms with Crippen molar-refractivity contribution >= 4 is 28.2 Å². The van der Waals surface area contributed by atoms with Crippen LogP contribution in [-0.4, -0.2) is 47.7 Å². The number of thiophene rings is 1. The molecule has 0 spiro atoms. The second-order valence-electron chi connectivity index (χ2n) is 9.12. The lowest BCUT2D eigenvalue weighted by atomic mass is 9.79. The van der Waals surface area contributed by atoms with Gasteiger partial charge in [0, 0.05) is 35.5 Å². The van der Waals surface area contributed by atoms with Crippen molar-refractivity contribution in [1.29, 1.82) is 0 Å². The Morgan fingerprint density at radius 3 is 2.97 bits per heavy atom. The van der Waals surface area contributed by atoms with Crippen molar-refractivity contribution in [3.63, 3.8) is 0 Å². The molecule has 1 saturated heterocycles. The van der Waals surface area contributed by atoms with Gasteiger partial charge in [0.1, 0.15) is 11.9 Å². The Morgan fingerprint density at radius 1 is 1.31 bits per heavy atom. The van der Waals surface area contributed by atoms with Gasteiger partial charge in [-0.15, -0.1) is 0 Å². The Bertz CT molecular complexity index is 1190. The first kappa shape index (κ1) is 25.2. The third kappa shape index (κ3) is 6.81. The van der Waals surface area contributed by atoms with E-state index in [1.54, 1.807) is 30.7 Å². The van der Waals surface area contributed by atoms with Gasteiger partial charge in [0.25, 0.3) is 0 Å². The average Bonchev–Trinajstić information content (AvgIpc) is 3.39. The Balaban J connectivity index is 1.39. The summed E-state index contributed by atoms with van der Waals surface area (Å²) in [6, 6.07) is 9.29. The van der Waals surface area contributed by atoms with Crippen molar-refractivity contribution in [2.75, 3.05) is 26.7 Å². The molecule has 5 nitrogen and oxygen atoms in total. The minimum Gasteiger partial charge on any atom is -0.497 e. The summed E-state index contributed by atoms with van der Waals surface area (Å²) in [4.78, 5) is 17.9. The minimum atomic E-state index is -1.11. The smallest absolute Gasteiger partial charge is 0.303 e. The van der Waals surface area contributed by atoms with Gasteiger partial charge in [0.05, 0.1) is 19.2 Å². The molecular formula is C28H31FN2O3S. The molecule has 2 unspecified atom stereocenters. The standard InChI is InChI=1S/C28H31FN2O3S/c1-34-23-6-8-27-25(17-23)24(10-13-30-27)26(29)7-4-21-11-15-31(18-22(21)5-9-28(32)33)14-2-3-20-12-16-35-19-20/h6,8,10,12-13,16-17,19,21-22,26H,4-5,7,9,11,14-15,18H2,1H3,(H,32,33)/t21?,22?,26-/m0/s1. The highest BCUT2D eigenvalue weighted by Crippen LogP contribution is 2.36. The zero-order valence-corrected chi connectivity index (χ0v) is 20.8. The molecule has 7 heteroatoms. The van der Waals surface area contributed by atoms with Crippen LogP contribution in [0.25, 0.3) is 10.9 Å². The van der Waals surface area contributed by atoms with Gasteiger partial charge in [0.15, 0.2) is 0 Å². The maximum Gasteiger partial charge on any atom is 0.303 e. The summed E-state index contributed by atoms with van der Waals surface area (Å²) >= 11 is 1.63. The molecule has 0 bridgehead atoms. The van der Waals surface area contributed by atoms with Crippen LogP contribution in [0.5, 0.6) is 5.75 Å². The first-order chi connectivity index (χ1) is 17.0. The summed E-state index contributed by atoms with van der Waals surface area (Å²) in [7, 11) is 1.60. The lowest BCUT2D eigenvalue weighted by molar-refractivity contribution is -0.137. The van der Waals surface area contributed by atoms with Crippen molar-refractivity contribution < 1.29 is 19.0 Å². The number of aliphatic carboxylic acids is 1. The van der Waals surface area contributed by atoms with E-state index in [0.717, 1.165) is 42.4 Å². The number of rotatable bonds is 9. The van der Waals surface area contributed by atoms with Gasteiger partial charge in [-0.25, -0.2) is 4.39 Å². The molecule has 1 aromatic carbocycles. The molecule has 0 radical (unpaired) electrons. The molecule has 3 atom stereocenters. The molecule has 0 amide bonds. The van der Waals surface area contributed by atoms with Gasteiger partial charge >= 0.3 is 5.97 Å². The van der Waals surface area contributed by atoms with Crippen LogP contribution in [0.4, 0.5) is 4.39 Å². The zero-order valence-electron chi connectivity index (χ0n) is 20.0. The van der Waals surface area contributed by atoms with E-state index in [-0.39, 0.29) is 12.3 Å². The largest absolute Gasteiger partial charge is 0.497 e. The molecule has 0 saturated carbocycles. The van der Waals surface area contributed by atoms with Gasteiger partial charge < -0.3 is 9.84 Å². The van der Waals surface area contributed by atoms with Crippen LogP contribution in [0.2, 0.25) is 0 Å². The monoisotopic (exact) mass is 494 g/mol. The number of nitrogens with zero attached hydrogens (tertiary/aromatic N) is 2. The number of halogens is 1. The lowest BCUT2D eigenvalue weighted by Gasteiger charge is -2.38. The quantitative estimate of drug-likeness (QED) is 0.373. The topological polar surface area (TPSA) is 62.7 Å². The van der Waals surface area contributed by atoms with Gasteiger partial charge in [0.2, 0.25) is 0 Å². The summed E-state index contributed by atoms with van der Waals surface area (Å²) in [6.45, 7) is 2.38. The van der Waals surface area contributed by atoms with E-state index in [1.165, 1.54) is 0 Å². The number of fused-ring (bicyclic) bond motifs is 1. The number of ether oxygens (including phenoxy) is 1. The van der Waals surface area contributed by atoms with E-state index < -0.39 is 12.1 Å². The fourth-order valence-electron chi connectivity index (χ4n) is 4.97. The Hall–Kier alpha value is -2.95. The molecule has 3 aromatic rings. The maximum atomic E-state index is 15.5. The third-order valence-corrected chi connectivity index (χ3v) is 7.56. The van der Waals surface area contributed by atoms with Crippen LogP contribution in [0.1, 0.15) is 49.4 Å². The van der Waals surface area contributed by atoms with E-state index in [0.29, 0.717) is 36.6 Å². The van der Waals surface area contributed by atoms with Crippen molar-refractivity contribution in [2.45, 2.75) is 38.3 Å². The normalized spacial score (nSPS) is 19.1. The zero-order chi connectivity index (χ0) is 24.6. The number of alkyl halides is 1. The molecule has 4 rings (SSSR count). The van der Waals surface area contributed by atoms with Gasteiger partial charge in [-0.3, -0.25) is 14.7 Å². The van der Waals surface area contributed by atoms with E-state index in [1.807, 2.05) is 35.0 Å². The van der Waals surface area contributed by atoms with Crippen LogP contribution < -0.4 is 4.74 Å². The number of benzene rings is 1. The van der Waals surface area contributed by atoms with Gasteiger partial charge in [-0.05, 0) is 85.3 Å². The number of pyridine rings is 1. The van der Waals surface area contributed by atoms with Crippen LogP contribution in [0, 0.1) is 23.7 Å². The SMILES string of the molecule is COc1ccc2nccc([C@@H](F)CCC3CCN(CC#Cc4ccsc4)CC3CCC(=O)O)c2c1. The number of hydrogen-bond donors (Lipinski definition) is 1. The van der Waals surface area contributed by atoms with Crippen LogP contribution in [0.3, 0.4) is 0 Å². The van der Waals surface area contributed by atoms with Crippen molar-refractivity contribution in [3.05, 3.63) is 58.4 Å². The molecule has 1 N–H and O–H groups in total. The number of hydrogen-bond acceptors (Lipinski definition) is 5. The highest BCUT2D eigenvalue weighted by atomic mass is 32.1. The summed E-state index contributed by atoms with van der Waals surface area (Å²) in [5.41, 5.74) is 2.42. The maximum absolute atomic E-state index is 15.5. The average molecular weight is 495 g/mol. The van der Waals surface area contributed by atoms with E-state index in [2.05, 4.69) is 21.7 Å². The summed E-state index contributed by atoms with van der Waals surface area (Å²) in [5, 5.41) is 14.1. The van der Waals surface area contributed by atoms with Crippen LogP contribution >= 0.6 is 11.3 Å². The number of carbonyl (C=O) groups is 1. The lowest BCUT2D eigenvalue weighted by Crippen LogP contribution is -2.41. The summed E-state index contributed by atoms with van der Waals surface area (Å²) < 4.78 is 20.8. The second kappa shape index (κ2) is 12.1. The molecule has 0 aliphatic carbocycles. The first-order valence-corrected chi connectivity index (χ1v) is 13.0. The molecule has 35 heavy (non-hydrogen) atoms. The summed E-state index contributed by atoms with van der Waals surface area (Å²) in [6.07, 6.45) is 3.37. The van der Waals surface area contributed by atoms with Crippen molar-refractivity contribution in [1.82, 2.24) is 9.88 Å². The molecule has 2 aromatic heterocycles.